The molecule has 2 atom stereocenters. The highest BCUT2D eigenvalue weighted by atomic mass is 16.3. The lowest BCUT2D eigenvalue weighted by molar-refractivity contribution is 0.0750. The predicted molar refractivity (Wildman–Crippen MR) is 178 cm³/mol. The zero-order chi connectivity index (χ0) is 29.7. The molecule has 7 aromatic carbocycles. The van der Waals surface area contributed by atoms with Crippen LogP contribution in [-0.2, 0) is 11.2 Å². The zero-order valence-corrected chi connectivity index (χ0v) is 24.1. The van der Waals surface area contributed by atoms with E-state index in [9.17, 15) is 10.2 Å². The predicted octanol–water partition coefficient (Wildman–Crippen LogP) is 9.06. The van der Waals surface area contributed by atoms with Gasteiger partial charge in [0.25, 0.3) is 0 Å². The number of rotatable bonds is 4. The van der Waals surface area contributed by atoms with Crippen LogP contribution < -0.4 is 0 Å². The molecular weight excluding hydrogens is 536 g/mol. The third kappa shape index (κ3) is 3.96. The van der Waals surface area contributed by atoms with Crippen molar-refractivity contribution in [3.05, 3.63) is 203 Å². The van der Waals surface area contributed by atoms with Crippen molar-refractivity contribution in [1.29, 1.82) is 0 Å². The third-order valence-corrected chi connectivity index (χ3v) is 9.19. The Bertz CT molecular complexity index is 1960. The highest BCUT2D eigenvalue weighted by Gasteiger charge is 2.51. The van der Waals surface area contributed by atoms with E-state index in [0.29, 0.717) is 22.3 Å². The van der Waals surface area contributed by atoms with Crippen LogP contribution in [0.4, 0.5) is 0 Å². The molecule has 2 unspecified atom stereocenters. The molecule has 0 saturated carbocycles. The van der Waals surface area contributed by atoms with Crippen LogP contribution in [0.25, 0.3) is 33.0 Å². The van der Waals surface area contributed by atoms with Crippen molar-refractivity contribution in [2.45, 2.75) is 11.2 Å². The summed E-state index contributed by atoms with van der Waals surface area (Å²) < 4.78 is 0. The van der Waals surface area contributed by atoms with Gasteiger partial charge in [0.2, 0.25) is 0 Å². The molecule has 0 amide bonds. The van der Waals surface area contributed by atoms with Gasteiger partial charge < -0.3 is 10.2 Å². The van der Waals surface area contributed by atoms with E-state index in [1.54, 1.807) is 0 Å². The van der Waals surface area contributed by atoms with Gasteiger partial charge in [-0.3, -0.25) is 0 Å². The van der Waals surface area contributed by atoms with Crippen molar-refractivity contribution in [3.63, 3.8) is 0 Å². The summed E-state index contributed by atoms with van der Waals surface area (Å²) in [6.45, 7) is 0. The molecule has 0 aliphatic heterocycles. The summed E-state index contributed by atoms with van der Waals surface area (Å²) in [6.07, 6.45) is 0. The molecule has 0 fully saturated rings. The number of aliphatic hydroxyl groups is 2. The van der Waals surface area contributed by atoms with Gasteiger partial charge >= 0.3 is 0 Å². The SMILES string of the molecule is OC1(c2ccc(-c3ccccc3)cc2)c2ccccc2C(O)(c2ccc(-c3ccccc3)cc2)c2cc3ccccc3cc21. The quantitative estimate of drug-likeness (QED) is 0.223. The van der Waals surface area contributed by atoms with Crippen LogP contribution in [-0.4, -0.2) is 10.2 Å². The molecule has 2 heteroatoms. The minimum Gasteiger partial charge on any atom is -0.376 e. The zero-order valence-electron chi connectivity index (χ0n) is 24.1. The molecule has 2 N–H and O–H groups in total. The lowest BCUT2D eigenvalue weighted by atomic mass is 9.63. The van der Waals surface area contributed by atoms with Crippen molar-refractivity contribution in [1.82, 2.24) is 0 Å². The maximum Gasteiger partial charge on any atom is 0.141 e. The molecule has 0 spiro atoms. The van der Waals surface area contributed by atoms with Crippen LogP contribution in [0.15, 0.2) is 170 Å². The van der Waals surface area contributed by atoms with Gasteiger partial charge in [0.1, 0.15) is 11.2 Å². The van der Waals surface area contributed by atoms with Crippen molar-refractivity contribution < 1.29 is 10.2 Å². The van der Waals surface area contributed by atoms with Gasteiger partial charge in [-0.15, -0.1) is 0 Å². The van der Waals surface area contributed by atoms with Crippen molar-refractivity contribution in [2.24, 2.45) is 0 Å². The topological polar surface area (TPSA) is 40.5 Å². The number of hydrogen-bond donors (Lipinski definition) is 2. The second kappa shape index (κ2) is 10.2. The second-order valence-electron chi connectivity index (χ2n) is 11.6. The van der Waals surface area contributed by atoms with Gasteiger partial charge in [0, 0.05) is 11.1 Å². The van der Waals surface area contributed by atoms with Crippen LogP contribution in [0.3, 0.4) is 0 Å². The van der Waals surface area contributed by atoms with E-state index in [-0.39, 0.29) is 0 Å². The van der Waals surface area contributed by atoms with Crippen molar-refractivity contribution in [3.8, 4) is 22.3 Å². The molecule has 0 saturated heterocycles. The van der Waals surface area contributed by atoms with E-state index in [0.717, 1.165) is 44.2 Å². The minimum absolute atomic E-state index is 0.671. The largest absolute Gasteiger partial charge is 0.376 e. The third-order valence-electron chi connectivity index (χ3n) is 9.19. The van der Waals surface area contributed by atoms with Gasteiger partial charge in [0.15, 0.2) is 0 Å². The summed E-state index contributed by atoms with van der Waals surface area (Å²) in [4.78, 5) is 0. The van der Waals surface area contributed by atoms with Crippen LogP contribution in [0.1, 0.15) is 33.4 Å². The number of fused-ring (bicyclic) bond motifs is 3. The van der Waals surface area contributed by atoms with E-state index >= 15 is 0 Å². The summed E-state index contributed by atoms with van der Waals surface area (Å²) in [5.41, 5.74) is 5.63. The molecule has 0 heterocycles. The Morgan fingerprint density at radius 3 is 1.00 bits per heavy atom. The Labute approximate surface area is 257 Å². The maximum atomic E-state index is 13.0. The smallest absolute Gasteiger partial charge is 0.141 e. The van der Waals surface area contributed by atoms with Crippen LogP contribution in [0.2, 0.25) is 0 Å². The van der Waals surface area contributed by atoms with Crippen LogP contribution >= 0.6 is 0 Å². The first kappa shape index (κ1) is 26.4. The molecule has 1 aliphatic rings. The molecule has 210 valence electrons. The highest BCUT2D eigenvalue weighted by Crippen LogP contribution is 2.54. The lowest BCUT2D eigenvalue weighted by Crippen LogP contribution is -2.44. The fourth-order valence-electron chi connectivity index (χ4n) is 6.93. The molecule has 0 bridgehead atoms. The Balaban J connectivity index is 1.36. The standard InChI is InChI=1S/C42H30O2/c43-41(35-23-19-31(20-24-35)29-11-3-1-4-12-29)37-17-9-10-18-38(37)42(44,40-28-34-16-8-7-15-33(34)27-39(40)41)36-25-21-32(22-26-36)30-13-5-2-6-14-30/h1-28,43-44H. The van der Waals surface area contributed by atoms with E-state index < -0.39 is 11.2 Å². The normalized spacial score (nSPS) is 18.9. The van der Waals surface area contributed by atoms with Crippen LogP contribution in [0, 0.1) is 0 Å². The molecule has 1 aliphatic carbocycles. The Kier molecular flexibility index (Phi) is 6.09. The van der Waals surface area contributed by atoms with Crippen molar-refractivity contribution in [2.75, 3.05) is 0 Å². The summed E-state index contributed by atoms with van der Waals surface area (Å²) in [5, 5.41) is 28.1. The highest BCUT2D eigenvalue weighted by molar-refractivity contribution is 5.87. The summed E-state index contributed by atoms with van der Waals surface area (Å²) in [5.74, 6) is 0. The Morgan fingerprint density at radius 1 is 0.295 bits per heavy atom. The van der Waals surface area contributed by atoms with E-state index in [1.165, 1.54) is 0 Å². The van der Waals surface area contributed by atoms with E-state index in [1.807, 2.05) is 97.1 Å². The van der Waals surface area contributed by atoms with Gasteiger partial charge in [-0.1, -0.05) is 158 Å². The van der Waals surface area contributed by atoms with E-state index in [2.05, 4.69) is 72.8 Å². The molecule has 0 radical (unpaired) electrons. The minimum atomic E-state index is -1.48. The second-order valence-corrected chi connectivity index (χ2v) is 11.6. The van der Waals surface area contributed by atoms with Gasteiger partial charge in [-0.05, 0) is 67.4 Å². The summed E-state index contributed by atoms with van der Waals surface area (Å²) >= 11 is 0. The first-order valence-corrected chi connectivity index (χ1v) is 15.0. The Morgan fingerprint density at radius 2 is 0.614 bits per heavy atom. The molecule has 44 heavy (non-hydrogen) atoms. The average Bonchev–Trinajstić information content (AvgIpc) is 3.11. The molecule has 7 aromatic rings. The lowest BCUT2D eigenvalue weighted by Gasteiger charge is -2.45. The molecular formula is C42H30O2. The van der Waals surface area contributed by atoms with Crippen LogP contribution in [0.5, 0.6) is 0 Å². The van der Waals surface area contributed by atoms with Gasteiger partial charge in [0.05, 0.1) is 0 Å². The van der Waals surface area contributed by atoms with E-state index in [4.69, 9.17) is 0 Å². The average molecular weight is 567 g/mol. The number of hydrogen-bond acceptors (Lipinski definition) is 2. The fraction of sp³-hybridized carbons (Fsp3) is 0.0476. The molecule has 8 rings (SSSR count). The first-order chi connectivity index (χ1) is 21.6. The first-order valence-electron chi connectivity index (χ1n) is 15.0. The van der Waals surface area contributed by atoms with Crippen molar-refractivity contribution >= 4 is 10.8 Å². The van der Waals surface area contributed by atoms with Gasteiger partial charge in [-0.2, -0.15) is 0 Å². The monoisotopic (exact) mass is 566 g/mol. The summed E-state index contributed by atoms with van der Waals surface area (Å²) in [6, 6.07) is 56.8. The maximum absolute atomic E-state index is 13.0. The fourth-order valence-corrected chi connectivity index (χ4v) is 6.93. The molecule has 2 nitrogen and oxygen atoms in total. The Hall–Kier alpha value is -5.28. The van der Waals surface area contributed by atoms with Gasteiger partial charge in [-0.25, -0.2) is 0 Å². The summed E-state index contributed by atoms with van der Waals surface area (Å²) in [7, 11) is 0. The number of benzene rings is 7. The molecule has 0 aromatic heterocycles.